The van der Waals surface area contributed by atoms with E-state index in [2.05, 4.69) is 17.6 Å². The monoisotopic (exact) mass is 537 g/mol. The standard InChI is InChI=1S/C32H47N3O4/c1-8-9-10-11-15-20-35(30(37)25(4)34-31(38)39-32(5,6)7)28(27-21-23(2)18-19-24(27)3)29(36)33-22-26-16-13-12-14-17-26/h12-14,16-19,21,25,28H,8-11,15,20,22H2,1-7H3,(H,33,36)(H,34,38). The van der Waals surface area contributed by atoms with Gasteiger partial charge in [0.1, 0.15) is 17.7 Å². The van der Waals surface area contributed by atoms with E-state index in [9.17, 15) is 14.4 Å². The number of ether oxygens (including phenoxy) is 1. The fraction of sp³-hybridized carbons (Fsp3) is 0.531. The van der Waals surface area contributed by atoms with Crippen LogP contribution in [0.4, 0.5) is 4.79 Å². The first kappa shape index (κ1) is 31.9. The van der Waals surface area contributed by atoms with Crippen molar-refractivity contribution in [3.63, 3.8) is 0 Å². The molecule has 2 rings (SSSR count). The van der Waals surface area contributed by atoms with E-state index in [1.807, 2.05) is 62.4 Å². The third kappa shape index (κ3) is 10.7. The molecule has 0 aliphatic rings. The Hall–Kier alpha value is -3.35. The van der Waals surface area contributed by atoms with Crippen molar-refractivity contribution in [1.82, 2.24) is 15.5 Å². The van der Waals surface area contributed by atoms with Gasteiger partial charge in [-0.25, -0.2) is 4.79 Å². The fourth-order valence-corrected chi connectivity index (χ4v) is 4.43. The van der Waals surface area contributed by atoms with Gasteiger partial charge in [-0.15, -0.1) is 0 Å². The predicted molar refractivity (Wildman–Crippen MR) is 156 cm³/mol. The average Bonchev–Trinajstić information content (AvgIpc) is 2.87. The van der Waals surface area contributed by atoms with Crippen molar-refractivity contribution in [1.29, 1.82) is 0 Å². The highest BCUT2D eigenvalue weighted by molar-refractivity contribution is 5.92. The van der Waals surface area contributed by atoms with Crippen LogP contribution in [0, 0.1) is 13.8 Å². The Labute approximate surface area is 234 Å². The Bertz CT molecular complexity index is 1080. The first-order chi connectivity index (χ1) is 18.4. The number of hydrogen-bond acceptors (Lipinski definition) is 4. The zero-order valence-corrected chi connectivity index (χ0v) is 24.8. The van der Waals surface area contributed by atoms with Crippen LogP contribution in [0.25, 0.3) is 0 Å². The number of carbonyl (C=O) groups is 3. The molecule has 0 aliphatic heterocycles. The molecule has 3 amide bonds. The number of nitrogens with one attached hydrogen (secondary N) is 2. The van der Waals surface area contributed by atoms with Crippen molar-refractivity contribution in [2.45, 2.75) is 105 Å². The molecule has 2 aromatic carbocycles. The van der Waals surface area contributed by atoms with Crippen LogP contribution in [0.3, 0.4) is 0 Å². The molecule has 2 N–H and O–H groups in total. The normalized spacial score (nSPS) is 12.8. The van der Waals surface area contributed by atoms with Crippen molar-refractivity contribution >= 4 is 17.9 Å². The van der Waals surface area contributed by atoms with E-state index in [1.54, 1.807) is 32.6 Å². The average molecular weight is 538 g/mol. The first-order valence-corrected chi connectivity index (χ1v) is 14.1. The van der Waals surface area contributed by atoms with Gasteiger partial charge in [-0.1, -0.05) is 86.7 Å². The summed E-state index contributed by atoms with van der Waals surface area (Å²) in [5.41, 5.74) is 3.00. The highest BCUT2D eigenvalue weighted by Gasteiger charge is 2.35. The Morgan fingerprint density at radius 2 is 1.62 bits per heavy atom. The Balaban J connectivity index is 2.41. The molecule has 7 nitrogen and oxygen atoms in total. The maximum absolute atomic E-state index is 13.9. The minimum Gasteiger partial charge on any atom is -0.444 e. The zero-order valence-electron chi connectivity index (χ0n) is 24.8. The second-order valence-electron chi connectivity index (χ2n) is 11.3. The third-order valence-corrected chi connectivity index (χ3v) is 6.49. The van der Waals surface area contributed by atoms with E-state index in [4.69, 9.17) is 4.74 Å². The Morgan fingerprint density at radius 1 is 0.949 bits per heavy atom. The Morgan fingerprint density at radius 3 is 2.26 bits per heavy atom. The molecule has 2 atom stereocenters. The molecule has 2 aromatic rings. The van der Waals surface area contributed by atoms with Gasteiger partial charge in [0, 0.05) is 13.1 Å². The third-order valence-electron chi connectivity index (χ3n) is 6.49. The predicted octanol–water partition coefficient (Wildman–Crippen LogP) is 6.37. The maximum Gasteiger partial charge on any atom is 0.408 e. The molecule has 0 fully saturated rings. The van der Waals surface area contributed by atoms with Crippen LogP contribution in [0.15, 0.2) is 48.5 Å². The number of rotatable bonds is 13. The number of alkyl carbamates (subject to hydrolysis) is 1. The summed E-state index contributed by atoms with van der Waals surface area (Å²) < 4.78 is 5.38. The lowest BCUT2D eigenvalue weighted by molar-refractivity contribution is -0.142. The number of unbranched alkanes of at least 4 members (excludes halogenated alkanes) is 4. The van der Waals surface area contributed by atoms with Crippen molar-refractivity contribution in [3.05, 3.63) is 70.8 Å². The van der Waals surface area contributed by atoms with Crippen LogP contribution in [0.2, 0.25) is 0 Å². The van der Waals surface area contributed by atoms with E-state index < -0.39 is 23.8 Å². The molecule has 0 aromatic heterocycles. The molecule has 39 heavy (non-hydrogen) atoms. The summed E-state index contributed by atoms with van der Waals surface area (Å²) in [6.45, 7) is 13.8. The second kappa shape index (κ2) is 15.3. The van der Waals surface area contributed by atoms with E-state index in [0.717, 1.165) is 54.4 Å². The lowest BCUT2D eigenvalue weighted by Gasteiger charge is -2.34. The van der Waals surface area contributed by atoms with Gasteiger partial charge >= 0.3 is 6.09 Å². The summed E-state index contributed by atoms with van der Waals surface area (Å²) in [6, 6.07) is 14.0. The van der Waals surface area contributed by atoms with Gasteiger partial charge < -0.3 is 20.3 Å². The van der Waals surface area contributed by atoms with Crippen LogP contribution < -0.4 is 10.6 Å². The minimum atomic E-state index is -0.870. The summed E-state index contributed by atoms with van der Waals surface area (Å²) in [5, 5.41) is 5.73. The molecule has 0 saturated carbocycles. The minimum absolute atomic E-state index is 0.251. The molecule has 0 saturated heterocycles. The number of nitrogens with zero attached hydrogens (tertiary/aromatic N) is 1. The zero-order chi connectivity index (χ0) is 29.0. The Kier molecular flexibility index (Phi) is 12.5. The van der Waals surface area contributed by atoms with E-state index >= 15 is 0 Å². The molecular formula is C32H47N3O4. The summed E-state index contributed by atoms with van der Waals surface area (Å²) >= 11 is 0. The topological polar surface area (TPSA) is 87.7 Å². The molecule has 2 unspecified atom stereocenters. The van der Waals surface area contributed by atoms with Crippen molar-refractivity contribution in [2.75, 3.05) is 6.54 Å². The number of aryl methyl sites for hydroxylation is 2. The lowest BCUT2D eigenvalue weighted by atomic mass is 9.95. The van der Waals surface area contributed by atoms with Crippen LogP contribution in [0.5, 0.6) is 0 Å². The number of carbonyl (C=O) groups excluding carboxylic acids is 3. The second-order valence-corrected chi connectivity index (χ2v) is 11.3. The van der Waals surface area contributed by atoms with Gasteiger partial charge in [-0.05, 0) is 64.7 Å². The fourth-order valence-electron chi connectivity index (χ4n) is 4.43. The van der Waals surface area contributed by atoms with Gasteiger partial charge in [0.05, 0.1) is 0 Å². The van der Waals surface area contributed by atoms with Gasteiger partial charge in [-0.3, -0.25) is 9.59 Å². The summed E-state index contributed by atoms with van der Waals surface area (Å²) in [6.07, 6.45) is 4.37. The van der Waals surface area contributed by atoms with Crippen LogP contribution in [0.1, 0.15) is 95.0 Å². The largest absolute Gasteiger partial charge is 0.444 e. The quantitative estimate of drug-likeness (QED) is 0.291. The van der Waals surface area contributed by atoms with Crippen molar-refractivity contribution in [2.24, 2.45) is 0 Å². The van der Waals surface area contributed by atoms with Crippen LogP contribution in [-0.4, -0.2) is 41.0 Å². The van der Waals surface area contributed by atoms with E-state index in [-0.39, 0.29) is 11.8 Å². The maximum atomic E-state index is 13.9. The first-order valence-electron chi connectivity index (χ1n) is 14.1. The molecule has 7 heteroatoms. The molecular weight excluding hydrogens is 490 g/mol. The van der Waals surface area contributed by atoms with E-state index in [0.29, 0.717) is 13.1 Å². The van der Waals surface area contributed by atoms with Gasteiger partial charge in [-0.2, -0.15) is 0 Å². The van der Waals surface area contributed by atoms with Crippen LogP contribution >= 0.6 is 0 Å². The summed E-state index contributed by atoms with van der Waals surface area (Å²) in [5.74, 6) is -0.573. The summed E-state index contributed by atoms with van der Waals surface area (Å²) in [4.78, 5) is 41.9. The van der Waals surface area contributed by atoms with E-state index in [1.165, 1.54) is 0 Å². The van der Waals surface area contributed by atoms with Gasteiger partial charge in [0.2, 0.25) is 11.8 Å². The molecule has 0 bridgehead atoms. The lowest BCUT2D eigenvalue weighted by Crippen LogP contribution is -2.52. The molecule has 0 radical (unpaired) electrons. The van der Waals surface area contributed by atoms with Gasteiger partial charge in [0.25, 0.3) is 0 Å². The van der Waals surface area contributed by atoms with Crippen LogP contribution in [-0.2, 0) is 20.9 Å². The van der Waals surface area contributed by atoms with Crippen molar-refractivity contribution in [3.8, 4) is 0 Å². The number of benzene rings is 2. The van der Waals surface area contributed by atoms with Crippen molar-refractivity contribution < 1.29 is 19.1 Å². The SMILES string of the molecule is CCCCCCCN(C(=O)C(C)NC(=O)OC(C)(C)C)C(C(=O)NCc1ccccc1)c1cc(C)ccc1C. The van der Waals surface area contributed by atoms with Gasteiger partial charge in [0.15, 0.2) is 0 Å². The number of hydrogen-bond donors (Lipinski definition) is 2. The highest BCUT2D eigenvalue weighted by Crippen LogP contribution is 2.27. The molecule has 0 spiro atoms. The smallest absolute Gasteiger partial charge is 0.408 e. The highest BCUT2D eigenvalue weighted by atomic mass is 16.6. The molecule has 214 valence electrons. The molecule has 0 aliphatic carbocycles. The molecule has 0 heterocycles. The summed E-state index contributed by atoms with van der Waals surface area (Å²) in [7, 11) is 0. The number of amides is 3.